The molecule has 0 atom stereocenters. The number of aromatic nitrogens is 4. The molecule has 3 aromatic rings. The number of rotatable bonds is 2. The number of benzene rings is 1. The average Bonchev–Trinajstić information content (AvgIpc) is 2.95. The van der Waals surface area contributed by atoms with E-state index in [9.17, 15) is 4.79 Å². The lowest BCUT2D eigenvalue weighted by molar-refractivity contribution is 0.779. The maximum atomic E-state index is 12.0. The van der Waals surface area contributed by atoms with Crippen LogP contribution in [-0.4, -0.2) is 18.9 Å². The lowest BCUT2D eigenvalue weighted by Gasteiger charge is -2.05. The Morgan fingerprint density at radius 3 is 2.60 bits per heavy atom. The first kappa shape index (κ1) is 12.3. The van der Waals surface area contributed by atoms with E-state index in [1.807, 2.05) is 24.3 Å². The quantitative estimate of drug-likeness (QED) is 0.759. The fourth-order valence-electron chi connectivity index (χ4n) is 2.15. The molecule has 0 spiro atoms. The predicted octanol–water partition coefficient (Wildman–Crippen LogP) is 1.16. The number of hydrogen-bond donors (Lipinski definition) is 1. The Balaban J connectivity index is 2.13. The summed E-state index contributed by atoms with van der Waals surface area (Å²) < 4.78 is 4.75. The van der Waals surface area contributed by atoms with Gasteiger partial charge >= 0.3 is 5.69 Å². The molecule has 0 saturated heterocycles. The van der Waals surface area contributed by atoms with Crippen molar-refractivity contribution < 1.29 is 0 Å². The smallest absolute Gasteiger partial charge is 0.332 e. The van der Waals surface area contributed by atoms with Crippen LogP contribution in [0.15, 0.2) is 47.7 Å². The molecule has 1 aromatic carbocycles. The molecule has 0 saturated carbocycles. The topological polar surface area (TPSA) is 70.8 Å². The number of hydrogen-bond acceptors (Lipinski definition) is 3. The van der Waals surface area contributed by atoms with Crippen molar-refractivity contribution in [2.45, 2.75) is 0 Å². The van der Waals surface area contributed by atoms with Gasteiger partial charge in [-0.25, -0.2) is 4.79 Å². The molecule has 3 rings (SSSR count). The third-order valence-electron chi connectivity index (χ3n) is 3.37. The Hall–Kier alpha value is -2.76. The van der Waals surface area contributed by atoms with Gasteiger partial charge in [-0.15, -0.1) is 0 Å². The molecule has 0 aliphatic carbocycles. The van der Waals surface area contributed by atoms with Crippen molar-refractivity contribution in [1.82, 2.24) is 18.9 Å². The van der Waals surface area contributed by atoms with Crippen molar-refractivity contribution in [2.75, 3.05) is 5.73 Å². The minimum atomic E-state index is -0.0821. The molecule has 0 unspecified atom stereocenters. The molecule has 6 heteroatoms. The van der Waals surface area contributed by atoms with E-state index in [1.54, 1.807) is 41.9 Å². The van der Waals surface area contributed by atoms with E-state index in [1.165, 1.54) is 4.57 Å². The molecular formula is C14H15N5O. The Morgan fingerprint density at radius 1 is 1.20 bits per heavy atom. The minimum Gasteiger partial charge on any atom is -0.383 e. The first-order valence-corrected chi connectivity index (χ1v) is 6.20. The van der Waals surface area contributed by atoms with Crippen LogP contribution in [0.3, 0.4) is 0 Å². The molecule has 0 aliphatic heterocycles. The van der Waals surface area contributed by atoms with E-state index in [0.717, 1.165) is 16.8 Å². The standard InChI is InChI=1S/C14H15N5O/c1-17-6-7-19(14(17)20)11-5-3-4-10(8-11)12-9-16-18(2)13(12)15/h3-9H,15H2,1-2H3. The fourth-order valence-corrected chi connectivity index (χ4v) is 2.15. The molecule has 0 bridgehead atoms. The lowest BCUT2D eigenvalue weighted by atomic mass is 10.1. The van der Waals surface area contributed by atoms with Gasteiger partial charge in [-0.3, -0.25) is 9.25 Å². The first-order valence-electron chi connectivity index (χ1n) is 6.20. The molecule has 0 amide bonds. The second-order valence-electron chi connectivity index (χ2n) is 4.68. The number of aryl methyl sites for hydroxylation is 2. The van der Waals surface area contributed by atoms with E-state index in [0.29, 0.717) is 5.82 Å². The molecule has 2 aromatic heterocycles. The van der Waals surface area contributed by atoms with Gasteiger partial charge in [0.15, 0.2) is 0 Å². The molecule has 6 nitrogen and oxygen atoms in total. The maximum Gasteiger partial charge on any atom is 0.332 e. The maximum absolute atomic E-state index is 12.0. The number of anilines is 1. The summed E-state index contributed by atoms with van der Waals surface area (Å²) in [5.41, 5.74) is 8.50. The second-order valence-corrected chi connectivity index (χ2v) is 4.68. The molecule has 0 fully saturated rings. The van der Waals surface area contributed by atoms with Gasteiger partial charge in [-0.05, 0) is 17.7 Å². The van der Waals surface area contributed by atoms with Gasteiger partial charge in [0.25, 0.3) is 0 Å². The van der Waals surface area contributed by atoms with E-state index in [2.05, 4.69) is 5.10 Å². The van der Waals surface area contributed by atoms with Crippen molar-refractivity contribution in [3.63, 3.8) is 0 Å². The van der Waals surface area contributed by atoms with Crippen LogP contribution in [0.25, 0.3) is 16.8 Å². The lowest BCUT2D eigenvalue weighted by Crippen LogP contribution is -2.20. The van der Waals surface area contributed by atoms with Crippen molar-refractivity contribution in [2.24, 2.45) is 14.1 Å². The zero-order chi connectivity index (χ0) is 14.3. The SMILES string of the molecule is Cn1ncc(-c2cccc(-n3ccn(C)c3=O)c2)c1N. The summed E-state index contributed by atoms with van der Waals surface area (Å²) in [6.07, 6.45) is 5.20. The Bertz CT molecular complexity index is 824. The Morgan fingerprint density at radius 2 is 2.00 bits per heavy atom. The summed E-state index contributed by atoms with van der Waals surface area (Å²) in [6.45, 7) is 0. The summed E-state index contributed by atoms with van der Waals surface area (Å²) in [5.74, 6) is 0.600. The number of nitrogens with zero attached hydrogens (tertiary/aromatic N) is 4. The van der Waals surface area contributed by atoms with Crippen LogP contribution in [-0.2, 0) is 14.1 Å². The molecule has 0 aliphatic rings. The third kappa shape index (κ3) is 1.82. The van der Waals surface area contributed by atoms with Gasteiger partial charge in [0.1, 0.15) is 5.82 Å². The monoisotopic (exact) mass is 269 g/mol. The van der Waals surface area contributed by atoms with Crippen LogP contribution in [0, 0.1) is 0 Å². The third-order valence-corrected chi connectivity index (χ3v) is 3.37. The number of nitrogen functional groups attached to an aromatic ring is 1. The molecule has 0 radical (unpaired) electrons. The van der Waals surface area contributed by atoms with Crippen LogP contribution < -0.4 is 11.4 Å². The van der Waals surface area contributed by atoms with Gasteiger partial charge < -0.3 is 10.3 Å². The predicted molar refractivity (Wildman–Crippen MR) is 77.6 cm³/mol. The van der Waals surface area contributed by atoms with Gasteiger partial charge in [0, 0.05) is 32.1 Å². The van der Waals surface area contributed by atoms with E-state index >= 15 is 0 Å². The van der Waals surface area contributed by atoms with Crippen molar-refractivity contribution >= 4 is 5.82 Å². The van der Waals surface area contributed by atoms with Crippen LogP contribution in [0.4, 0.5) is 5.82 Å². The highest BCUT2D eigenvalue weighted by Gasteiger charge is 2.09. The second kappa shape index (κ2) is 4.41. The van der Waals surface area contributed by atoms with Crippen molar-refractivity contribution in [3.05, 3.63) is 53.3 Å². The summed E-state index contributed by atoms with van der Waals surface area (Å²) in [7, 11) is 3.52. The molecular weight excluding hydrogens is 254 g/mol. The highest BCUT2D eigenvalue weighted by molar-refractivity contribution is 5.74. The zero-order valence-corrected chi connectivity index (χ0v) is 11.3. The Kier molecular flexibility index (Phi) is 2.71. The summed E-state index contributed by atoms with van der Waals surface area (Å²) >= 11 is 0. The molecule has 2 heterocycles. The van der Waals surface area contributed by atoms with E-state index in [4.69, 9.17) is 5.73 Å². The molecule has 20 heavy (non-hydrogen) atoms. The molecule has 102 valence electrons. The average molecular weight is 269 g/mol. The normalized spacial score (nSPS) is 10.9. The van der Waals surface area contributed by atoms with Crippen LogP contribution in [0.1, 0.15) is 0 Å². The van der Waals surface area contributed by atoms with Crippen molar-refractivity contribution in [3.8, 4) is 16.8 Å². The fraction of sp³-hybridized carbons (Fsp3) is 0.143. The summed E-state index contributed by atoms with van der Waals surface area (Å²) in [6, 6.07) is 7.66. The van der Waals surface area contributed by atoms with Crippen LogP contribution in [0.5, 0.6) is 0 Å². The largest absolute Gasteiger partial charge is 0.383 e. The van der Waals surface area contributed by atoms with E-state index in [-0.39, 0.29) is 5.69 Å². The van der Waals surface area contributed by atoms with Crippen LogP contribution in [0.2, 0.25) is 0 Å². The van der Waals surface area contributed by atoms with Gasteiger partial charge in [-0.1, -0.05) is 12.1 Å². The zero-order valence-electron chi connectivity index (χ0n) is 11.3. The molecule has 2 N–H and O–H groups in total. The first-order chi connectivity index (χ1) is 9.58. The highest BCUT2D eigenvalue weighted by atomic mass is 16.1. The van der Waals surface area contributed by atoms with Gasteiger partial charge in [0.05, 0.1) is 11.9 Å². The van der Waals surface area contributed by atoms with Gasteiger partial charge in [-0.2, -0.15) is 5.10 Å². The van der Waals surface area contributed by atoms with Crippen molar-refractivity contribution in [1.29, 1.82) is 0 Å². The van der Waals surface area contributed by atoms with E-state index < -0.39 is 0 Å². The summed E-state index contributed by atoms with van der Waals surface area (Å²) in [5, 5.41) is 4.14. The summed E-state index contributed by atoms with van der Waals surface area (Å²) in [4.78, 5) is 12.0. The Labute approximate surface area is 115 Å². The minimum absolute atomic E-state index is 0.0821. The number of imidazole rings is 1. The van der Waals surface area contributed by atoms with Gasteiger partial charge in [0.2, 0.25) is 0 Å². The van der Waals surface area contributed by atoms with Crippen LogP contribution >= 0.6 is 0 Å². The highest BCUT2D eigenvalue weighted by Crippen LogP contribution is 2.26. The number of nitrogens with two attached hydrogens (primary N) is 1.